The molecule has 0 aromatic heterocycles. The largest absolute Gasteiger partial charge is 0.496 e. The van der Waals surface area contributed by atoms with E-state index in [1.54, 1.807) is 12.1 Å². The molecule has 6 rings (SSSR count). The van der Waals surface area contributed by atoms with Crippen LogP contribution in [0.15, 0.2) is 54.6 Å². The Morgan fingerprint density at radius 2 is 0.968 bits per heavy atom. The summed E-state index contributed by atoms with van der Waals surface area (Å²) in [7, 11) is -1.15. The van der Waals surface area contributed by atoms with Gasteiger partial charge in [0.2, 0.25) is 18.2 Å². The zero-order valence-corrected chi connectivity index (χ0v) is 41.3. The summed E-state index contributed by atoms with van der Waals surface area (Å²) in [5.74, 6) is 0.791. The number of hydrogen-bond donors (Lipinski definition) is 0. The summed E-state index contributed by atoms with van der Waals surface area (Å²) in [4.78, 5) is 56.3. The summed E-state index contributed by atoms with van der Waals surface area (Å²) in [6.07, 6.45) is 11.0. The highest BCUT2D eigenvalue weighted by Crippen LogP contribution is 2.62. The van der Waals surface area contributed by atoms with E-state index in [9.17, 15) is 23.7 Å². The molecule has 0 spiro atoms. The van der Waals surface area contributed by atoms with E-state index in [0.717, 1.165) is 108 Å². The zero-order valence-electron chi connectivity index (χ0n) is 39.5. The first kappa shape index (κ1) is 49.6. The first-order valence-corrected chi connectivity index (χ1v) is 25.9. The Bertz CT molecular complexity index is 2290. The monoisotopic (exact) mass is 894 g/mol. The summed E-state index contributed by atoms with van der Waals surface area (Å²) in [5.41, 5.74) is 8.56. The van der Waals surface area contributed by atoms with Crippen LogP contribution >= 0.6 is 15.1 Å². The van der Waals surface area contributed by atoms with Crippen LogP contribution in [0.3, 0.4) is 0 Å². The fourth-order valence-electron chi connectivity index (χ4n) is 9.97. The molecular formula is C53H68O8P2. The lowest BCUT2D eigenvalue weighted by molar-refractivity contribution is 0.102. The van der Waals surface area contributed by atoms with Crippen molar-refractivity contribution in [3.8, 4) is 17.2 Å². The van der Waals surface area contributed by atoms with Crippen LogP contribution in [0.25, 0.3) is 0 Å². The Balaban J connectivity index is 0.000000239. The summed E-state index contributed by atoms with van der Waals surface area (Å²) < 4.78 is 31.0. The van der Waals surface area contributed by atoms with E-state index >= 15 is 0 Å². The minimum Gasteiger partial charge on any atom is -0.496 e. The fourth-order valence-corrected chi connectivity index (χ4v) is 16.0. The average Bonchev–Trinajstić information content (AvgIpc) is 3.27. The molecule has 2 unspecified atom stereocenters. The number of hydrogen-bond acceptors (Lipinski definition) is 8. The molecule has 2 aliphatic rings. The summed E-state index contributed by atoms with van der Waals surface area (Å²) in [6.45, 7) is 15.9. The molecule has 2 fully saturated rings. The van der Waals surface area contributed by atoms with Crippen LogP contribution in [-0.2, 0) is 17.4 Å². The van der Waals surface area contributed by atoms with Crippen molar-refractivity contribution in [3.63, 3.8) is 0 Å². The van der Waals surface area contributed by atoms with Crippen molar-refractivity contribution in [3.05, 3.63) is 121 Å². The lowest BCUT2D eigenvalue weighted by atomic mass is 9.98. The van der Waals surface area contributed by atoms with Crippen LogP contribution in [0.2, 0.25) is 0 Å². The minimum absolute atomic E-state index is 0.0328. The number of rotatable bonds is 15. The molecule has 0 radical (unpaired) electrons. The maximum absolute atomic E-state index is 14.8. The van der Waals surface area contributed by atoms with Crippen molar-refractivity contribution in [2.45, 2.75) is 144 Å². The molecule has 0 aliphatic heterocycles. The van der Waals surface area contributed by atoms with Crippen LogP contribution < -0.4 is 14.2 Å². The molecule has 2 saturated carbocycles. The van der Waals surface area contributed by atoms with Crippen molar-refractivity contribution >= 4 is 37.2 Å². The first-order chi connectivity index (χ1) is 30.1. The first-order valence-electron chi connectivity index (χ1n) is 22.7. The molecule has 2 atom stereocenters. The Morgan fingerprint density at radius 1 is 0.556 bits per heavy atom. The van der Waals surface area contributed by atoms with Gasteiger partial charge in [-0.15, -0.1) is 0 Å². The maximum Gasteiger partial charge on any atom is 0.236 e. The van der Waals surface area contributed by atoms with E-state index in [2.05, 4.69) is 45.0 Å². The molecule has 8 nitrogen and oxygen atoms in total. The van der Waals surface area contributed by atoms with Gasteiger partial charge in [0.1, 0.15) is 22.8 Å². The molecule has 0 bridgehead atoms. The third kappa shape index (κ3) is 10.6. The number of carbonyl (C=O) groups excluding carboxylic acids is 4. The second-order valence-electron chi connectivity index (χ2n) is 17.4. The van der Waals surface area contributed by atoms with E-state index in [4.69, 9.17) is 14.2 Å². The lowest BCUT2D eigenvalue weighted by Crippen LogP contribution is -2.25. The minimum atomic E-state index is -4.07. The molecule has 10 heteroatoms. The summed E-state index contributed by atoms with van der Waals surface area (Å²) in [5, 5.41) is 0. The summed E-state index contributed by atoms with van der Waals surface area (Å²) >= 11 is 0. The van der Waals surface area contributed by atoms with Crippen LogP contribution in [-0.4, -0.2) is 54.7 Å². The molecular weight excluding hydrogens is 827 g/mol. The number of carbonyl (C=O) groups is 4. The van der Waals surface area contributed by atoms with Crippen molar-refractivity contribution in [2.24, 2.45) is 0 Å². The molecule has 4 aromatic rings. The number of aryl methyl sites for hydroxylation is 8. The van der Waals surface area contributed by atoms with Gasteiger partial charge >= 0.3 is 0 Å². The highest BCUT2D eigenvalue weighted by Gasteiger charge is 2.50. The van der Waals surface area contributed by atoms with Gasteiger partial charge in [0, 0.05) is 42.4 Å². The molecule has 4 aromatic carbocycles. The van der Waals surface area contributed by atoms with Crippen molar-refractivity contribution in [1.29, 1.82) is 0 Å². The van der Waals surface area contributed by atoms with Crippen LogP contribution in [0.1, 0.15) is 164 Å². The van der Waals surface area contributed by atoms with E-state index in [1.165, 1.54) is 33.3 Å². The van der Waals surface area contributed by atoms with Crippen molar-refractivity contribution < 1.29 is 38.0 Å². The molecule has 0 heterocycles. The van der Waals surface area contributed by atoms with E-state index in [0.29, 0.717) is 24.2 Å². The predicted octanol–water partition coefficient (Wildman–Crippen LogP) is 13.8. The Hall–Kier alpha value is -4.38. The molecule has 0 amide bonds. The third-order valence-electron chi connectivity index (χ3n) is 13.0. The van der Waals surface area contributed by atoms with Gasteiger partial charge < -0.3 is 18.8 Å². The molecule has 338 valence electrons. The van der Waals surface area contributed by atoms with Crippen LogP contribution in [0.5, 0.6) is 17.2 Å². The van der Waals surface area contributed by atoms with Gasteiger partial charge in [0.05, 0.1) is 21.3 Å². The number of methoxy groups -OCH3 is 3. The lowest BCUT2D eigenvalue weighted by Gasteiger charge is -2.30. The van der Waals surface area contributed by atoms with Crippen molar-refractivity contribution in [1.82, 2.24) is 0 Å². The smallest absolute Gasteiger partial charge is 0.236 e. The Kier molecular flexibility index (Phi) is 17.3. The summed E-state index contributed by atoms with van der Waals surface area (Å²) in [6, 6.07) is 17.2. The standard InChI is InChI=1S/C27H35O2P.C26H33O6P/c1-6-21-12-11-13-22(7-2)25(21)27(29)30(23-14-9-8-10-15-23)26(28)24-19(4)16-18(3)17-20(24)5;1-16-12-17(2)23(18(3)13-16)25(27)33(29,20-10-8-7-9-11-20)26(28)24-21(31-5)14-19(30-4)15-22(24)32-6/h11-13,16-17,23H,6-10,14-15H2,1-5H3;12-15,20H,7-11H2,1-6H3. The van der Waals surface area contributed by atoms with Gasteiger partial charge in [0.15, 0.2) is 11.0 Å². The molecule has 63 heavy (non-hydrogen) atoms. The van der Waals surface area contributed by atoms with E-state index in [1.807, 2.05) is 52.8 Å². The van der Waals surface area contributed by atoms with Gasteiger partial charge in [-0.1, -0.05) is 106 Å². The highest BCUT2D eigenvalue weighted by molar-refractivity contribution is 7.96. The molecule has 2 aliphatic carbocycles. The topological polar surface area (TPSA) is 113 Å². The second-order valence-corrected chi connectivity index (χ2v) is 22.6. The fraction of sp³-hybridized carbons (Fsp3) is 0.472. The van der Waals surface area contributed by atoms with Gasteiger partial charge in [-0.25, -0.2) is 0 Å². The normalized spacial score (nSPS) is 15.9. The number of benzene rings is 4. The average molecular weight is 895 g/mol. The SMILES string of the molecule is CCc1cccc(CC)c1C(=O)P(C(=O)c1c(C)cc(C)cc1C)C1CCCCC1.COc1cc(OC)c(C(=O)P(=O)(C(=O)c2c(C)cc(C)cc2C)C2CCCCC2)c(OC)c1. The quantitative estimate of drug-likeness (QED) is 0.108. The predicted molar refractivity (Wildman–Crippen MR) is 258 cm³/mol. The van der Waals surface area contributed by atoms with E-state index < -0.39 is 31.8 Å². The third-order valence-corrected chi connectivity index (χ3v) is 18.8. The molecule has 0 saturated heterocycles. The van der Waals surface area contributed by atoms with Gasteiger partial charge in [-0.2, -0.15) is 0 Å². The van der Waals surface area contributed by atoms with Gasteiger partial charge in [-0.3, -0.25) is 19.2 Å². The van der Waals surface area contributed by atoms with Gasteiger partial charge in [0.25, 0.3) is 0 Å². The van der Waals surface area contributed by atoms with Gasteiger partial charge in [-0.05, 0) is 119 Å². The Labute approximate surface area is 377 Å². The maximum atomic E-state index is 14.8. The zero-order chi connectivity index (χ0) is 46.2. The van der Waals surface area contributed by atoms with Crippen molar-refractivity contribution in [2.75, 3.05) is 21.3 Å². The number of ether oxygens (including phenoxy) is 3. The second kappa shape index (κ2) is 22.0. The van der Waals surface area contributed by atoms with Crippen LogP contribution in [0, 0.1) is 41.5 Å². The Morgan fingerprint density at radius 3 is 1.40 bits per heavy atom. The van der Waals surface area contributed by atoms with Crippen LogP contribution in [0.4, 0.5) is 0 Å². The van der Waals surface area contributed by atoms with E-state index in [-0.39, 0.29) is 33.8 Å². The molecule has 0 N–H and O–H groups in total. The highest BCUT2D eigenvalue weighted by atomic mass is 31.2.